The molecular weight excluding hydrogens is 384 g/mol. The number of ether oxygens (including phenoxy) is 1. The summed E-state index contributed by atoms with van der Waals surface area (Å²) in [6.07, 6.45) is 3.06. The third-order valence-electron chi connectivity index (χ3n) is 5.73. The molecule has 1 unspecified atom stereocenters. The van der Waals surface area contributed by atoms with Crippen molar-refractivity contribution in [2.24, 2.45) is 10.9 Å². The third kappa shape index (κ3) is 3.12. The van der Waals surface area contributed by atoms with Gasteiger partial charge in [0.15, 0.2) is 12.5 Å². The number of amidine groups is 1. The van der Waals surface area contributed by atoms with Crippen molar-refractivity contribution in [1.29, 1.82) is 0 Å². The Kier molecular flexibility index (Phi) is 5.24. The number of aliphatic imine (C=N–C) groups is 1. The molecule has 3 aliphatic rings. The molecule has 4 amide bonds. The second-order valence-corrected chi connectivity index (χ2v) is 7.42. The first-order chi connectivity index (χ1) is 14.5. The van der Waals surface area contributed by atoms with Crippen LogP contribution < -0.4 is 4.90 Å². The van der Waals surface area contributed by atoms with E-state index in [1.54, 1.807) is 18.2 Å². The Morgan fingerprint density at radius 1 is 1.27 bits per heavy atom. The summed E-state index contributed by atoms with van der Waals surface area (Å²) < 4.78 is 7.13. The van der Waals surface area contributed by atoms with Gasteiger partial charge in [-0.05, 0) is 31.4 Å². The minimum Gasteiger partial charge on any atom is -0.496 e. The largest absolute Gasteiger partial charge is 0.496 e. The highest BCUT2D eigenvalue weighted by Crippen LogP contribution is 2.31. The van der Waals surface area contributed by atoms with Crippen molar-refractivity contribution in [2.75, 3.05) is 31.6 Å². The van der Waals surface area contributed by atoms with Gasteiger partial charge in [-0.15, -0.1) is 4.99 Å². The summed E-state index contributed by atoms with van der Waals surface area (Å²) in [5.41, 5.74) is 2.75. The lowest BCUT2D eigenvalue weighted by molar-refractivity contribution is -0.408. The molecule has 1 aromatic rings. The lowest BCUT2D eigenvalue weighted by atomic mass is 9.94. The predicted octanol–water partition coefficient (Wildman–Crippen LogP) is 1.98. The van der Waals surface area contributed by atoms with Crippen LogP contribution in [0.4, 0.5) is 10.5 Å². The number of imide groups is 1. The van der Waals surface area contributed by atoms with Gasteiger partial charge in [-0.1, -0.05) is 25.1 Å². The van der Waals surface area contributed by atoms with Crippen LogP contribution in [0.3, 0.4) is 0 Å². The Morgan fingerprint density at radius 3 is 2.77 bits per heavy atom. The normalized spacial score (nSPS) is 20.7. The Bertz CT molecular complexity index is 1020. The summed E-state index contributed by atoms with van der Waals surface area (Å²) in [4.78, 5) is 46.3. The van der Waals surface area contributed by atoms with E-state index in [9.17, 15) is 14.4 Å². The van der Waals surface area contributed by atoms with Crippen molar-refractivity contribution in [3.05, 3.63) is 41.2 Å². The zero-order valence-electron chi connectivity index (χ0n) is 17.4. The molecule has 0 N–H and O–H groups in total. The van der Waals surface area contributed by atoms with Crippen LogP contribution in [-0.2, 0) is 20.7 Å². The Morgan fingerprint density at radius 2 is 2.03 bits per heavy atom. The van der Waals surface area contributed by atoms with Gasteiger partial charge in [-0.3, -0.25) is 9.59 Å². The summed E-state index contributed by atoms with van der Waals surface area (Å²) in [7, 11) is 1.57. The highest BCUT2D eigenvalue weighted by molar-refractivity contribution is 6.17. The summed E-state index contributed by atoms with van der Waals surface area (Å²) >= 11 is 0. The summed E-state index contributed by atoms with van der Waals surface area (Å²) in [5, 5.41) is 0. The van der Waals surface area contributed by atoms with Gasteiger partial charge in [0.2, 0.25) is 0 Å². The Hall–Kier alpha value is -3.29. The van der Waals surface area contributed by atoms with Crippen LogP contribution in [-0.4, -0.2) is 66.1 Å². The smallest absolute Gasteiger partial charge is 0.446 e. The van der Waals surface area contributed by atoms with Crippen molar-refractivity contribution in [3.8, 4) is 0 Å². The minimum absolute atomic E-state index is 0.282. The maximum Gasteiger partial charge on any atom is 0.446 e. The van der Waals surface area contributed by atoms with Gasteiger partial charge in [0.25, 0.3) is 11.7 Å². The van der Waals surface area contributed by atoms with Gasteiger partial charge in [0.1, 0.15) is 12.0 Å². The second-order valence-electron chi connectivity index (χ2n) is 7.42. The molecule has 156 valence electrons. The molecule has 8 heteroatoms. The van der Waals surface area contributed by atoms with Crippen LogP contribution in [0.5, 0.6) is 0 Å². The minimum atomic E-state index is -0.814. The fourth-order valence-electron chi connectivity index (χ4n) is 4.18. The van der Waals surface area contributed by atoms with Crippen LogP contribution in [0.25, 0.3) is 0 Å². The molecule has 0 bridgehead atoms. The van der Waals surface area contributed by atoms with Gasteiger partial charge in [0.05, 0.1) is 13.7 Å². The quantitative estimate of drug-likeness (QED) is 0.697. The molecule has 1 aromatic carbocycles. The van der Waals surface area contributed by atoms with Gasteiger partial charge < -0.3 is 9.64 Å². The van der Waals surface area contributed by atoms with Gasteiger partial charge in [-0.2, -0.15) is 9.48 Å². The standard InChI is InChI=1S/C22H25N4O4/c1-4-14-12-23-20-18(19(14)30-5-2)21(28)26(22(29)24(20)3)13-17(27)25-11-10-15-8-6-7-9-16(15)25/h6-9,12,18H,4-5,10-11,13H2,1-3H3/q+1. The fraction of sp³-hybridized carbons (Fsp3) is 0.409. The molecule has 3 aliphatic heterocycles. The molecular formula is C22H25N4O4+. The van der Waals surface area contributed by atoms with Gasteiger partial charge in [0, 0.05) is 17.8 Å². The molecule has 4 rings (SSSR count). The molecule has 0 aliphatic carbocycles. The van der Waals surface area contributed by atoms with Crippen LogP contribution in [0, 0.1) is 5.92 Å². The molecule has 0 fully saturated rings. The maximum absolute atomic E-state index is 13.4. The number of urea groups is 1. The summed E-state index contributed by atoms with van der Waals surface area (Å²) in [5.74, 6) is -0.721. The number of fused-ring (bicyclic) bond motifs is 2. The Balaban J connectivity index is 1.64. The predicted molar refractivity (Wildman–Crippen MR) is 112 cm³/mol. The van der Waals surface area contributed by atoms with E-state index in [0.29, 0.717) is 31.2 Å². The number of carbonyl (C=O) groups excluding carboxylic acids is 3. The van der Waals surface area contributed by atoms with E-state index in [2.05, 4.69) is 4.99 Å². The highest BCUT2D eigenvalue weighted by Gasteiger charge is 2.51. The number of hydrogen-bond acceptors (Lipinski definition) is 5. The third-order valence-corrected chi connectivity index (χ3v) is 5.73. The molecule has 8 nitrogen and oxygen atoms in total. The first-order valence-corrected chi connectivity index (χ1v) is 10.2. The number of benzene rings is 1. The van der Waals surface area contributed by atoms with E-state index in [1.165, 1.54) is 4.58 Å². The topological polar surface area (TPSA) is 82.3 Å². The van der Waals surface area contributed by atoms with Gasteiger partial charge in [-0.25, -0.2) is 4.79 Å². The zero-order valence-corrected chi connectivity index (χ0v) is 17.4. The summed E-state index contributed by atoms with van der Waals surface area (Å²) in [6, 6.07) is 7.13. The van der Waals surface area contributed by atoms with Crippen molar-refractivity contribution < 1.29 is 23.7 Å². The Labute approximate surface area is 175 Å². The van der Waals surface area contributed by atoms with Gasteiger partial charge >= 0.3 is 11.9 Å². The number of para-hydroxylation sites is 1. The molecule has 30 heavy (non-hydrogen) atoms. The van der Waals surface area contributed by atoms with Crippen molar-refractivity contribution in [3.63, 3.8) is 0 Å². The van der Waals surface area contributed by atoms with E-state index < -0.39 is 17.9 Å². The fourth-order valence-corrected chi connectivity index (χ4v) is 4.18. The lowest BCUT2D eigenvalue weighted by Gasteiger charge is -2.30. The number of carbonyl (C=O) groups is 3. The van der Waals surface area contributed by atoms with Crippen molar-refractivity contribution in [2.45, 2.75) is 26.7 Å². The number of amides is 4. The summed E-state index contributed by atoms with van der Waals surface area (Å²) in [6.45, 7) is 4.43. The van der Waals surface area contributed by atoms with Crippen molar-refractivity contribution in [1.82, 2.24) is 4.90 Å². The average molecular weight is 409 g/mol. The second kappa shape index (κ2) is 7.85. The van der Waals surface area contributed by atoms with Crippen molar-refractivity contribution >= 4 is 35.6 Å². The van der Waals surface area contributed by atoms with E-state index in [-0.39, 0.29) is 12.5 Å². The average Bonchev–Trinajstić information content (AvgIpc) is 3.19. The lowest BCUT2D eigenvalue weighted by Crippen LogP contribution is -2.57. The first kappa shape index (κ1) is 20.0. The van der Waals surface area contributed by atoms with Crippen LogP contribution in [0.15, 0.2) is 40.6 Å². The number of nitrogens with zero attached hydrogens (tertiary/aromatic N) is 4. The number of hydrogen-bond donors (Lipinski definition) is 0. The van der Waals surface area contributed by atoms with E-state index in [4.69, 9.17) is 4.74 Å². The monoisotopic (exact) mass is 409 g/mol. The molecule has 0 spiro atoms. The number of anilines is 1. The molecule has 0 radical (unpaired) electrons. The SMILES string of the molecule is CCOC1=C(CC)C=NC2=[N+](C)C(=O)N(CC(=O)N3CCc4ccccc43)C(=O)C12. The first-order valence-electron chi connectivity index (χ1n) is 10.2. The van der Waals surface area contributed by atoms with E-state index >= 15 is 0 Å². The number of dihydropyridines is 1. The molecule has 1 atom stereocenters. The van der Waals surface area contributed by atoms with Crippen LogP contribution in [0.2, 0.25) is 0 Å². The molecule has 0 saturated carbocycles. The maximum atomic E-state index is 13.4. The zero-order chi connectivity index (χ0) is 21.4. The van der Waals surface area contributed by atoms with E-state index in [1.807, 2.05) is 38.1 Å². The molecule has 0 saturated heterocycles. The highest BCUT2D eigenvalue weighted by atomic mass is 16.5. The molecule has 0 aromatic heterocycles. The van der Waals surface area contributed by atoms with Crippen LogP contribution >= 0.6 is 0 Å². The van der Waals surface area contributed by atoms with E-state index in [0.717, 1.165) is 28.1 Å². The number of allylic oxidation sites excluding steroid dienone is 1. The molecule has 3 heterocycles. The van der Waals surface area contributed by atoms with Crippen LogP contribution in [0.1, 0.15) is 25.8 Å². The number of rotatable bonds is 5.